The Kier molecular flexibility index (Phi) is 6.45. The molecular formula is C10H18N2O2. The van der Waals surface area contributed by atoms with E-state index < -0.39 is 0 Å². The fraction of sp³-hybridized carbons (Fsp3) is 0.600. The van der Waals surface area contributed by atoms with Gasteiger partial charge in [-0.15, -0.1) is 0 Å². The summed E-state index contributed by atoms with van der Waals surface area (Å²) in [4.78, 5) is 21.3. The summed E-state index contributed by atoms with van der Waals surface area (Å²) in [5.41, 5.74) is 0. The molecule has 2 N–H and O–H groups in total. The van der Waals surface area contributed by atoms with Crippen molar-refractivity contribution in [2.24, 2.45) is 5.92 Å². The summed E-state index contributed by atoms with van der Waals surface area (Å²) in [7, 11) is 0. The highest BCUT2D eigenvalue weighted by molar-refractivity contribution is 5.73. The summed E-state index contributed by atoms with van der Waals surface area (Å²) in [5, 5.41) is 5.43. The molecule has 0 aliphatic rings. The van der Waals surface area contributed by atoms with Gasteiger partial charge in [-0.2, -0.15) is 0 Å². The first-order chi connectivity index (χ1) is 6.56. The zero-order valence-corrected chi connectivity index (χ0v) is 8.96. The molecule has 0 saturated heterocycles. The van der Waals surface area contributed by atoms with Crippen LogP contribution in [0.15, 0.2) is 12.2 Å². The molecule has 0 bridgehead atoms. The van der Waals surface area contributed by atoms with Crippen LogP contribution in [0.5, 0.6) is 0 Å². The van der Waals surface area contributed by atoms with Gasteiger partial charge >= 0.3 is 0 Å². The second-order valence-electron chi connectivity index (χ2n) is 3.16. The summed E-state index contributed by atoms with van der Waals surface area (Å²) in [6, 6.07) is 0. The highest BCUT2D eigenvalue weighted by Crippen LogP contribution is 1.95. The van der Waals surface area contributed by atoms with Crippen molar-refractivity contribution in [3.05, 3.63) is 12.2 Å². The molecule has 0 saturated carbocycles. The van der Waals surface area contributed by atoms with E-state index in [4.69, 9.17) is 0 Å². The summed E-state index contributed by atoms with van der Waals surface area (Å²) in [5.74, 6) is 0.0532. The van der Waals surface area contributed by atoms with Crippen LogP contribution >= 0.6 is 0 Å². The Morgan fingerprint density at radius 1 is 1.14 bits per heavy atom. The lowest BCUT2D eigenvalue weighted by Crippen LogP contribution is -2.34. The number of hydrogen-bond donors (Lipinski definition) is 2. The molecule has 0 atom stereocenters. The van der Waals surface area contributed by atoms with Crippen molar-refractivity contribution in [1.29, 1.82) is 0 Å². The van der Waals surface area contributed by atoms with E-state index in [0.717, 1.165) is 0 Å². The summed E-state index contributed by atoms with van der Waals surface area (Å²) >= 11 is 0. The van der Waals surface area contributed by atoms with Crippen LogP contribution in [0.2, 0.25) is 0 Å². The van der Waals surface area contributed by atoms with E-state index in [9.17, 15) is 9.59 Å². The minimum absolute atomic E-state index is 0.0534. The molecule has 0 heterocycles. The minimum atomic E-state index is -0.0534. The Morgan fingerprint density at radius 3 is 1.86 bits per heavy atom. The lowest BCUT2D eigenvalue weighted by atomic mass is 10.1. The average molecular weight is 198 g/mol. The van der Waals surface area contributed by atoms with E-state index in [2.05, 4.69) is 10.6 Å². The van der Waals surface area contributed by atoms with Crippen LogP contribution in [0.4, 0.5) is 0 Å². The summed E-state index contributed by atoms with van der Waals surface area (Å²) in [6.07, 6.45) is 3.88. The first kappa shape index (κ1) is 12.7. The second-order valence-corrected chi connectivity index (χ2v) is 3.16. The number of carbonyl (C=O) groups excluding carboxylic acids is 2. The van der Waals surface area contributed by atoms with Gasteiger partial charge in [-0.3, -0.25) is 9.59 Å². The monoisotopic (exact) mass is 198 g/mol. The van der Waals surface area contributed by atoms with E-state index in [-0.39, 0.29) is 17.7 Å². The van der Waals surface area contributed by atoms with Crippen molar-refractivity contribution in [2.45, 2.75) is 20.8 Å². The van der Waals surface area contributed by atoms with Crippen LogP contribution in [-0.4, -0.2) is 24.9 Å². The summed E-state index contributed by atoms with van der Waals surface area (Å²) < 4.78 is 0. The highest BCUT2D eigenvalue weighted by atomic mass is 16.2. The molecule has 0 spiro atoms. The van der Waals surface area contributed by atoms with Gasteiger partial charge in [-0.05, 0) is 6.92 Å². The van der Waals surface area contributed by atoms with E-state index in [1.807, 2.05) is 19.1 Å². The van der Waals surface area contributed by atoms with Crippen molar-refractivity contribution in [3.8, 4) is 0 Å². The fourth-order valence-electron chi connectivity index (χ4n) is 1.03. The number of hydrogen-bond acceptors (Lipinski definition) is 2. The van der Waals surface area contributed by atoms with Gasteiger partial charge in [0.2, 0.25) is 11.8 Å². The van der Waals surface area contributed by atoms with E-state index in [1.54, 1.807) is 0 Å². The molecule has 0 aliphatic carbocycles. The van der Waals surface area contributed by atoms with Crippen LogP contribution in [0, 0.1) is 5.92 Å². The lowest BCUT2D eigenvalue weighted by Gasteiger charge is -2.13. The molecule has 0 unspecified atom stereocenters. The van der Waals surface area contributed by atoms with Crippen LogP contribution in [0.25, 0.3) is 0 Å². The van der Waals surface area contributed by atoms with Gasteiger partial charge < -0.3 is 10.6 Å². The molecule has 0 rings (SSSR count). The van der Waals surface area contributed by atoms with Crippen molar-refractivity contribution in [2.75, 3.05) is 13.1 Å². The standard InChI is InChI=1S/C10H18N2O2/c1-4-5-10(6-11-8(2)13)7-12-9(3)14/h4-5,10H,6-7H2,1-3H3,(H,11,13)(H,12,14). The topological polar surface area (TPSA) is 58.2 Å². The molecule has 0 aromatic heterocycles. The van der Waals surface area contributed by atoms with Gasteiger partial charge in [-0.1, -0.05) is 12.2 Å². The van der Waals surface area contributed by atoms with Crippen molar-refractivity contribution in [3.63, 3.8) is 0 Å². The van der Waals surface area contributed by atoms with Gasteiger partial charge in [0, 0.05) is 32.9 Å². The molecule has 0 aliphatic heterocycles. The highest BCUT2D eigenvalue weighted by Gasteiger charge is 2.05. The molecule has 0 aromatic rings. The molecule has 4 heteroatoms. The first-order valence-corrected chi connectivity index (χ1v) is 4.68. The van der Waals surface area contributed by atoms with Gasteiger partial charge in [0.1, 0.15) is 0 Å². The van der Waals surface area contributed by atoms with Crippen molar-refractivity contribution < 1.29 is 9.59 Å². The number of amides is 2. The maximum absolute atomic E-state index is 10.7. The average Bonchev–Trinajstić information content (AvgIpc) is 2.09. The van der Waals surface area contributed by atoms with Crippen LogP contribution in [0.3, 0.4) is 0 Å². The predicted octanol–water partition coefficient (Wildman–Crippen LogP) is 0.451. The minimum Gasteiger partial charge on any atom is -0.356 e. The SMILES string of the molecule is CC=CC(CNC(C)=O)CNC(C)=O. The Labute approximate surface area is 84.8 Å². The largest absolute Gasteiger partial charge is 0.356 e. The van der Waals surface area contributed by atoms with E-state index in [1.165, 1.54) is 13.8 Å². The third kappa shape index (κ3) is 7.34. The van der Waals surface area contributed by atoms with Gasteiger partial charge in [0.15, 0.2) is 0 Å². The molecule has 0 fully saturated rings. The molecule has 14 heavy (non-hydrogen) atoms. The molecule has 4 nitrogen and oxygen atoms in total. The van der Waals surface area contributed by atoms with Crippen LogP contribution in [-0.2, 0) is 9.59 Å². The zero-order chi connectivity index (χ0) is 11.0. The van der Waals surface area contributed by atoms with Crippen molar-refractivity contribution >= 4 is 11.8 Å². The lowest BCUT2D eigenvalue weighted by molar-refractivity contribution is -0.119. The number of allylic oxidation sites excluding steroid dienone is 1. The van der Waals surface area contributed by atoms with Gasteiger partial charge in [0.05, 0.1) is 0 Å². The molecule has 80 valence electrons. The van der Waals surface area contributed by atoms with Crippen molar-refractivity contribution in [1.82, 2.24) is 10.6 Å². The Balaban J connectivity index is 3.89. The van der Waals surface area contributed by atoms with Crippen LogP contribution < -0.4 is 10.6 Å². The fourth-order valence-corrected chi connectivity index (χ4v) is 1.03. The molecular weight excluding hydrogens is 180 g/mol. The third-order valence-electron chi connectivity index (χ3n) is 1.69. The van der Waals surface area contributed by atoms with E-state index in [0.29, 0.717) is 13.1 Å². The number of carbonyl (C=O) groups is 2. The molecule has 0 aromatic carbocycles. The van der Waals surface area contributed by atoms with E-state index >= 15 is 0 Å². The second kappa shape index (κ2) is 7.12. The smallest absolute Gasteiger partial charge is 0.216 e. The van der Waals surface area contributed by atoms with Crippen LogP contribution in [0.1, 0.15) is 20.8 Å². The predicted molar refractivity (Wildman–Crippen MR) is 55.7 cm³/mol. The Morgan fingerprint density at radius 2 is 1.57 bits per heavy atom. The van der Waals surface area contributed by atoms with Gasteiger partial charge in [-0.25, -0.2) is 0 Å². The normalized spacial score (nSPS) is 10.6. The maximum Gasteiger partial charge on any atom is 0.216 e. The zero-order valence-electron chi connectivity index (χ0n) is 8.96. The maximum atomic E-state index is 10.7. The molecule has 0 radical (unpaired) electrons. The Hall–Kier alpha value is -1.32. The number of rotatable bonds is 5. The number of nitrogens with one attached hydrogen (secondary N) is 2. The Bertz CT molecular complexity index is 206. The summed E-state index contributed by atoms with van der Waals surface area (Å²) in [6.45, 7) is 5.98. The molecule has 2 amide bonds. The first-order valence-electron chi connectivity index (χ1n) is 4.68. The quantitative estimate of drug-likeness (QED) is 0.630. The van der Waals surface area contributed by atoms with Gasteiger partial charge in [0.25, 0.3) is 0 Å². The third-order valence-corrected chi connectivity index (χ3v) is 1.69.